The second-order valence-electron chi connectivity index (χ2n) is 9.19. The summed E-state index contributed by atoms with van der Waals surface area (Å²) in [5.74, 6) is -1.85. The lowest BCUT2D eigenvalue weighted by Gasteiger charge is -2.42. The van der Waals surface area contributed by atoms with Gasteiger partial charge in [-0.25, -0.2) is 18.0 Å². The summed E-state index contributed by atoms with van der Waals surface area (Å²) >= 11 is 3.47. The van der Waals surface area contributed by atoms with Crippen molar-refractivity contribution in [2.24, 2.45) is 0 Å². The number of esters is 1. The molecule has 3 aromatic rings. The molecule has 4 rings (SSSR count). The number of carbonyl (C=O) groups is 1. The van der Waals surface area contributed by atoms with E-state index in [9.17, 15) is 9.18 Å². The summed E-state index contributed by atoms with van der Waals surface area (Å²) in [6, 6.07) is 6.69. The predicted molar refractivity (Wildman–Crippen MR) is 128 cm³/mol. The minimum Gasteiger partial charge on any atom is -0.466 e. The highest BCUT2D eigenvalue weighted by Gasteiger charge is 2.42. The summed E-state index contributed by atoms with van der Waals surface area (Å²) in [5.41, 5.74) is -0.195. The smallest absolute Gasteiger partial charge is 0.330 e. The van der Waals surface area contributed by atoms with Crippen molar-refractivity contribution >= 4 is 38.9 Å². The number of ether oxygens (including phenoxy) is 1. The van der Waals surface area contributed by atoms with Gasteiger partial charge in [0.1, 0.15) is 34.7 Å². The van der Waals surface area contributed by atoms with Gasteiger partial charge in [0.2, 0.25) is 0 Å². The highest BCUT2D eigenvalue weighted by atomic mass is 79.9. The highest BCUT2D eigenvalue weighted by Crippen LogP contribution is 2.45. The van der Waals surface area contributed by atoms with E-state index in [1.807, 2.05) is 19.1 Å². The Morgan fingerprint density at radius 2 is 1.94 bits per heavy atom. The SMILES string of the molecule is COC(=O)/C=C/c1cc(F)c([C@@H]2c3oc4ccc(Br)cc4c3C[C@@H](C)N2CC(C)(C)F)c(F)c1. The number of hydrogen-bond acceptors (Lipinski definition) is 4. The quantitative estimate of drug-likeness (QED) is 0.268. The van der Waals surface area contributed by atoms with Crippen molar-refractivity contribution in [1.29, 1.82) is 0 Å². The maximum Gasteiger partial charge on any atom is 0.330 e. The first-order valence-corrected chi connectivity index (χ1v) is 11.7. The van der Waals surface area contributed by atoms with Crippen LogP contribution in [0.1, 0.15) is 49.3 Å². The molecule has 0 radical (unpaired) electrons. The molecule has 2 aromatic carbocycles. The number of nitrogens with zero attached hydrogens (tertiary/aromatic N) is 1. The summed E-state index contributed by atoms with van der Waals surface area (Å²) in [7, 11) is 1.21. The normalized spacial score (nSPS) is 19.1. The number of furan rings is 1. The maximum atomic E-state index is 15.5. The zero-order valence-electron chi connectivity index (χ0n) is 19.3. The lowest BCUT2D eigenvalue weighted by molar-refractivity contribution is -0.134. The third-order valence-corrected chi connectivity index (χ3v) is 6.47. The molecule has 1 aromatic heterocycles. The number of rotatable bonds is 5. The molecular weight excluding hydrogens is 511 g/mol. The molecule has 1 aliphatic heterocycles. The van der Waals surface area contributed by atoms with Crippen LogP contribution in [0.15, 0.2) is 45.3 Å². The first-order chi connectivity index (χ1) is 16.0. The third-order valence-electron chi connectivity index (χ3n) is 5.98. The predicted octanol–water partition coefficient (Wildman–Crippen LogP) is 6.74. The molecule has 0 saturated heterocycles. The first kappa shape index (κ1) is 24.5. The first-order valence-electron chi connectivity index (χ1n) is 10.9. The maximum absolute atomic E-state index is 15.5. The molecular formula is C26H25BrF3NO3. The number of carbonyl (C=O) groups excluding carboxylic acids is 1. The molecule has 0 fully saturated rings. The fraction of sp³-hybridized carbons (Fsp3) is 0.346. The molecule has 0 spiro atoms. The van der Waals surface area contributed by atoms with Crippen molar-refractivity contribution in [2.45, 2.75) is 44.9 Å². The molecule has 0 aliphatic carbocycles. The fourth-order valence-corrected chi connectivity index (χ4v) is 4.92. The van der Waals surface area contributed by atoms with E-state index >= 15 is 8.78 Å². The largest absolute Gasteiger partial charge is 0.466 e. The van der Waals surface area contributed by atoms with Crippen LogP contribution in [0.3, 0.4) is 0 Å². The molecule has 2 atom stereocenters. The Balaban J connectivity index is 1.90. The molecule has 2 heterocycles. The Labute approximate surface area is 204 Å². The summed E-state index contributed by atoms with van der Waals surface area (Å²) < 4.78 is 57.3. The molecule has 180 valence electrons. The summed E-state index contributed by atoms with van der Waals surface area (Å²) in [5, 5.41) is 0.860. The number of methoxy groups -OCH3 is 1. The Kier molecular flexibility index (Phi) is 6.66. The van der Waals surface area contributed by atoms with Gasteiger partial charge in [-0.2, -0.15) is 0 Å². The van der Waals surface area contributed by atoms with E-state index in [0.29, 0.717) is 17.8 Å². The van der Waals surface area contributed by atoms with Crippen molar-refractivity contribution in [3.63, 3.8) is 0 Å². The lowest BCUT2D eigenvalue weighted by Crippen LogP contribution is -2.48. The molecule has 0 saturated carbocycles. The van der Waals surface area contributed by atoms with Crippen molar-refractivity contribution in [3.05, 3.63) is 75.0 Å². The van der Waals surface area contributed by atoms with Gasteiger partial charge in [0.05, 0.1) is 7.11 Å². The van der Waals surface area contributed by atoms with Gasteiger partial charge in [-0.1, -0.05) is 15.9 Å². The number of halogens is 4. The van der Waals surface area contributed by atoms with Gasteiger partial charge in [0.25, 0.3) is 0 Å². The van der Waals surface area contributed by atoms with Crippen LogP contribution in [-0.4, -0.2) is 36.2 Å². The molecule has 1 aliphatic rings. The summed E-state index contributed by atoms with van der Waals surface area (Å²) in [4.78, 5) is 13.1. The van der Waals surface area contributed by atoms with E-state index in [1.165, 1.54) is 27.0 Å². The third kappa shape index (κ3) is 4.79. The second kappa shape index (κ2) is 9.23. The standard InChI is InChI=1S/C26H25BrF3NO3/c1-14-9-18-17-12-16(27)6-7-21(17)34-25(18)24(31(14)13-26(2,3)30)23-19(28)10-15(11-20(23)29)5-8-22(32)33-4/h5-8,10-12,14,24H,9,13H2,1-4H3/b8-5+/t14-,24-/m1/s1. The number of hydrogen-bond donors (Lipinski definition) is 0. The Morgan fingerprint density at radius 1 is 1.26 bits per heavy atom. The van der Waals surface area contributed by atoms with E-state index in [-0.39, 0.29) is 23.7 Å². The van der Waals surface area contributed by atoms with Gasteiger partial charge < -0.3 is 9.15 Å². The minimum atomic E-state index is -1.60. The van der Waals surface area contributed by atoms with Crippen molar-refractivity contribution in [3.8, 4) is 0 Å². The molecule has 0 unspecified atom stereocenters. The van der Waals surface area contributed by atoms with Crippen LogP contribution in [0.2, 0.25) is 0 Å². The highest BCUT2D eigenvalue weighted by molar-refractivity contribution is 9.10. The van der Waals surface area contributed by atoms with E-state index in [0.717, 1.165) is 33.6 Å². The molecule has 8 heteroatoms. The van der Waals surface area contributed by atoms with Crippen LogP contribution in [0.4, 0.5) is 13.2 Å². The van der Waals surface area contributed by atoms with Crippen molar-refractivity contribution < 1.29 is 27.1 Å². The lowest BCUT2D eigenvalue weighted by atomic mass is 9.87. The minimum absolute atomic E-state index is 0.0398. The van der Waals surface area contributed by atoms with Crippen LogP contribution in [0.25, 0.3) is 17.0 Å². The van der Waals surface area contributed by atoms with E-state index < -0.39 is 29.3 Å². The fourth-order valence-electron chi connectivity index (χ4n) is 4.56. The van der Waals surface area contributed by atoms with Crippen LogP contribution >= 0.6 is 15.9 Å². The van der Waals surface area contributed by atoms with Gasteiger partial charge in [-0.3, -0.25) is 4.90 Å². The zero-order valence-corrected chi connectivity index (χ0v) is 20.9. The van der Waals surface area contributed by atoms with Crippen LogP contribution in [-0.2, 0) is 16.0 Å². The monoisotopic (exact) mass is 535 g/mol. The number of fused-ring (bicyclic) bond motifs is 3. The van der Waals surface area contributed by atoms with Gasteiger partial charge in [-0.05, 0) is 69.2 Å². The van der Waals surface area contributed by atoms with Gasteiger partial charge in [0.15, 0.2) is 0 Å². The molecule has 0 N–H and O–H groups in total. The Hall–Kier alpha value is -2.58. The Bertz CT molecular complexity index is 1260. The molecule has 4 nitrogen and oxygen atoms in total. The zero-order chi connectivity index (χ0) is 24.8. The van der Waals surface area contributed by atoms with Crippen molar-refractivity contribution in [2.75, 3.05) is 13.7 Å². The van der Waals surface area contributed by atoms with Gasteiger partial charge in [-0.15, -0.1) is 0 Å². The van der Waals surface area contributed by atoms with Crippen molar-refractivity contribution in [1.82, 2.24) is 4.90 Å². The topological polar surface area (TPSA) is 42.7 Å². The summed E-state index contributed by atoms with van der Waals surface area (Å²) in [6.07, 6.45) is 2.91. The number of alkyl halides is 1. The average molecular weight is 536 g/mol. The second-order valence-corrected chi connectivity index (χ2v) is 10.1. The average Bonchev–Trinajstić information content (AvgIpc) is 3.09. The van der Waals surface area contributed by atoms with E-state index in [4.69, 9.17) is 4.42 Å². The summed E-state index contributed by atoms with van der Waals surface area (Å²) in [6.45, 7) is 4.76. The van der Waals surface area contributed by atoms with Gasteiger partial charge >= 0.3 is 5.97 Å². The van der Waals surface area contributed by atoms with E-state index in [1.54, 1.807) is 11.0 Å². The molecule has 34 heavy (non-hydrogen) atoms. The van der Waals surface area contributed by atoms with Crippen LogP contribution in [0, 0.1) is 11.6 Å². The Morgan fingerprint density at radius 3 is 2.56 bits per heavy atom. The van der Waals surface area contributed by atoms with Gasteiger partial charge in [0, 0.05) is 39.6 Å². The van der Waals surface area contributed by atoms with Crippen LogP contribution < -0.4 is 0 Å². The number of benzene rings is 2. The van der Waals surface area contributed by atoms with Crippen LogP contribution in [0.5, 0.6) is 0 Å². The molecule has 0 bridgehead atoms. The molecule has 0 amide bonds. The van der Waals surface area contributed by atoms with E-state index in [2.05, 4.69) is 20.7 Å².